The number of H-pyrrole nitrogens is 1. The standard InChI is InChI=1S/C11H14N2O2/c14-11(15)8-6-7-3-5-13-4-1-2-9(13)10(7)12-8/h6,9,12H,1-5H2,(H,14,15). The maximum Gasteiger partial charge on any atom is 0.352 e. The van der Waals surface area contributed by atoms with Crippen molar-refractivity contribution in [2.24, 2.45) is 0 Å². The molecule has 1 fully saturated rings. The van der Waals surface area contributed by atoms with Crippen LogP contribution in [0.3, 0.4) is 0 Å². The summed E-state index contributed by atoms with van der Waals surface area (Å²) in [5, 5.41) is 8.93. The van der Waals surface area contributed by atoms with E-state index in [1.54, 1.807) is 6.07 Å². The zero-order chi connectivity index (χ0) is 10.4. The molecule has 1 saturated heterocycles. The Morgan fingerprint density at radius 1 is 1.53 bits per heavy atom. The quantitative estimate of drug-likeness (QED) is 0.730. The van der Waals surface area contributed by atoms with Crippen molar-refractivity contribution in [3.05, 3.63) is 23.0 Å². The molecule has 80 valence electrons. The van der Waals surface area contributed by atoms with Gasteiger partial charge >= 0.3 is 5.97 Å². The average molecular weight is 206 g/mol. The van der Waals surface area contributed by atoms with Gasteiger partial charge in [-0.25, -0.2) is 4.79 Å². The molecule has 1 aromatic rings. The fourth-order valence-corrected chi connectivity index (χ4v) is 2.82. The van der Waals surface area contributed by atoms with Crippen molar-refractivity contribution in [1.29, 1.82) is 0 Å². The minimum Gasteiger partial charge on any atom is -0.477 e. The van der Waals surface area contributed by atoms with Gasteiger partial charge in [-0.2, -0.15) is 0 Å². The van der Waals surface area contributed by atoms with E-state index in [0.717, 1.165) is 31.6 Å². The summed E-state index contributed by atoms with van der Waals surface area (Å²) in [4.78, 5) is 16.4. The highest BCUT2D eigenvalue weighted by atomic mass is 16.4. The molecule has 15 heavy (non-hydrogen) atoms. The molecule has 2 aliphatic rings. The number of hydrogen-bond donors (Lipinski definition) is 2. The van der Waals surface area contributed by atoms with E-state index in [1.807, 2.05) is 0 Å². The highest BCUT2D eigenvalue weighted by Crippen LogP contribution is 2.37. The molecule has 0 amide bonds. The molecule has 0 bridgehead atoms. The molecule has 0 aromatic carbocycles. The number of hydrogen-bond acceptors (Lipinski definition) is 2. The van der Waals surface area contributed by atoms with Crippen LogP contribution >= 0.6 is 0 Å². The first-order valence-electron chi connectivity index (χ1n) is 5.45. The van der Waals surface area contributed by atoms with Crippen LogP contribution in [0.1, 0.15) is 40.6 Å². The maximum absolute atomic E-state index is 10.9. The first kappa shape index (κ1) is 8.97. The molecule has 2 N–H and O–H groups in total. The number of carboxylic acids is 1. The van der Waals surface area contributed by atoms with Gasteiger partial charge in [0.05, 0.1) is 6.04 Å². The van der Waals surface area contributed by atoms with Crippen molar-refractivity contribution < 1.29 is 9.90 Å². The van der Waals surface area contributed by atoms with Gasteiger partial charge in [-0.3, -0.25) is 4.90 Å². The summed E-state index contributed by atoms with van der Waals surface area (Å²) in [6, 6.07) is 2.25. The Bertz CT molecular complexity index is 411. The number of nitrogens with zero attached hydrogens (tertiary/aromatic N) is 1. The zero-order valence-electron chi connectivity index (χ0n) is 8.49. The summed E-state index contributed by atoms with van der Waals surface area (Å²) < 4.78 is 0. The molecule has 0 aliphatic carbocycles. The van der Waals surface area contributed by atoms with Crippen LogP contribution in [0.4, 0.5) is 0 Å². The van der Waals surface area contributed by atoms with E-state index in [4.69, 9.17) is 5.11 Å². The first-order valence-corrected chi connectivity index (χ1v) is 5.45. The number of carbonyl (C=O) groups is 1. The molecule has 1 unspecified atom stereocenters. The van der Waals surface area contributed by atoms with Crippen LogP contribution in [0, 0.1) is 0 Å². The lowest BCUT2D eigenvalue weighted by atomic mass is 10.0. The number of aromatic amines is 1. The van der Waals surface area contributed by atoms with E-state index >= 15 is 0 Å². The Balaban J connectivity index is 2.02. The van der Waals surface area contributed by atoms with Gasteiger partial charge in [0, 0.05) is 12.2 Å². The predicted octanol–water partition coefficient (Wildman–Crippen LogP) is 1.41. The van der Waals surface area contributed by atoms with Crippen LogP contribution in [-0.2, 0) is 6.42 Å². The second-order valence-corrected chi connectivity index (χ2v) is 4.37. The topological polar surface area (TPSA) is 56.3 Å². The van der Waals surface area contributed by atoms with Gasteiger partial charge in [-0.05, 0) is 37.4 Å². The van der Waals surface area contributed by atoms with Gasteiger partial charge in [-0.15, -0.1) is 0 Å². The fourth-order valence-electron chi connectivity index (χ4n) is 2.82. The smallest absolute Gasteiger partial charge is 0.352 e. The van der Waals surface area contributed by atoms with Crippen molar-refractivity contribution in [1.82, 2.24) is 9.88 Å². The lowest BCUT2D eigenvalue weighted by Crippen LogP contribution is -2.30. The van der Waals surface area contributed by atoms with Crippen molar-refractivity contribution >= 4 is 5.97 Å². The van der Waals surface area contributed by atoms with E-state index in [-0.39, 0.29) is 0 Å². The third-order valence-electron chi connectivity index (χ3n) is 3.53. The average Bonchev–Trinajstić information content (AvgIpc) is 2.82. The predicted molar refractivity (Wildman–Crippen MR) is 55.0 cm³/mol. The van der Waals surface area contributed by atoms with Crippen molar-refractivity contribution in [2.45, 2.75) is 25.3 Å². The van der Waals surface area contributed by atoms with Crippen LogP contribution in [-0.4, -0.2) is 34.0 Å². The van der Waals surface area contributed by atoms with E-state index in [1.165, 1.54) is 12.0 Å². The third kappa shape index (κ3) is 1.28. The van der Waals surface area contributed by atoms with E-state index < -0.39 is 5.97 Å². The monoisotopic (exact) mass is 206 g/mol. The van der Waals surface area contributed by atoms with Gasteiger partial charge < -0.3 is 10.1 Å². The van der Waals surface area contributed by atoms with Crippen LogP contribution < -0.4 is 0 Å². The number of rotatable bonds is 1. The van der Waals surface area contributed by atoms with Crippen LogP contribution in [0.2, 0.25) is 0 Å². The zero-order valence-corrected chi connectivity index (χ0v) is 8.49. The Morgan fingerprint density at radius 3 is 3.20 bits per heavy atom. The van der Waals surface area contributed by atoms with Crippen LogP contribution in [0.15, 0.2) is 6.07 Å². The Hall–Kier alpha value is -1.29. The normalized spacial score (nSPS) is 24.9. The molecule has 0 radical (unpaired) electrons. The van der Waals surface area contributed by atoms with Crippen LogP contribution in [0.5, 0.6) is 0 Å². The van der Waals surface area contributed by atoms with Crippen molar-refractivity contribution in [3.63, 3.8) is 0 Å². The van der Waals surface area contributed by atoms with E-state index in [2.05, 4.69) is 9.88 Å². The minimum absolute atomic E-state index is 0.341. The molecule has 3 rings (SSSR count). The van der Waals surface area contributed by atoms with E-state index in [9.17, 15) is 4.79 Å². The lowest BCUT2D eigenvalue weighted by Gasteiger charge is -2.29. The van der Waals surface area contributed by atoms with Gasteiger partial charge in [0.25, 0.3) is 0 Å². The number of aromatic nitrogens is 1. The van der Waals surface area contributed by atoms with Gasteiger partial charge in [0.2, 0.25) is 0 Å². The summed E-state index contributed by atoms with van der Waals surface area (Å²) in [5.41, 5.74) is 2.69. The maximum atomic E-state index is 10.9. The summed E-state index contributed by atoms with van der Waals surface area (Å²) in [5.74, 6) is -0.853. The molecule has 0 spiro atoms. The van der Waals surface area contributed by atoms with Crippen molar-refractivity contribution in [3.8, 4) is 0 Å². The highest BCUT2D eigenvalue weighted by molar-refractivity contribution is 5.86. The van der Waals surface area contributed by atoms with Gasteiger partial charge in [-0.1, -0.05) is 0 Å². The molecule has 4 nitrogen and oxygen atoms in total. The van der Waals surface area contributed by atoms with Crippen LogP contribution in [0.25, 0.3) is 0 Å². The summed E-state index contributed by atoms with van der Waals surface area (Å²) in [6.07, 6.45) is 3.37. The minimum atomic E-state index is -0.853. The first-order chi connectivity index (χ1) is 7.25. The molecule has 2 aliphatic heterocycles. The molecule has 1 aromatic heterocycles. The second-order valence-electron chi connectivity index (χ2n) is 4.37. The molecular formula is C11H14N2O2. The fraction of sp³-hybridized carbons (Fsp3) is 0.545. The lowest BCUT2D eigenvalue weighted by molar-refractivity contribution is 0.0691. The molecule has 4 heteroatoms. The summed E-state index contributed by atoms with van der Waals surface area (Å²) in [7, 11) is 0. The largest absolute Gasteiger partial charge is 0.477 e. The highest BCUT2D eigenvalue weighted by Gasteiger charge is 2.33. The SMILES string of the molecule is O=C(O)c1cc2c([nH]1)C1CCCN1CC2. The number of fused-ring (bicyclic) bond motifs is 3. The summed E-state index contributed by atoms with van der Waals surface area (Å²) in [6.45, 7) is 2.24. The Morgan fingerprint density at radius 2 is 2.40 bits per heavy atom. The number of nitrogens with one attached hydrogen (secondary N) is 1. The number of carboxylic acid groups (broad SMARTS) is 1. The van der Waals surface area contributed by atoms with E-state index in [0.29, 0.717) is 11.7 Å². The molecular weight excluding hydrogens is 192 g/mol. The molecule has 0 saturated carbocycles. The number of aromatic carboxylic acids is 1. The molecule has 3 heterocycles. The second kappa shape index (κ2) is 3.10. The third-order valence-corrected chi connectivity index (χ3v) is 3.53. The summed E-state index contributed by atoms with van der Waals surface area (Å²) >= 11 is 0. The van der Waals surface area contributed by atoms with Crippen molar-refractivity contribution in [2.75, 3.05) is 13.1 Å². The van der Waals surface area contributed by atoms with Gasteiger partial charge in [0.1, 0.15) is 5.69 Å². The molecule has 1 atom stereocenters. The van der Waals surface area contributed by atoms with Gasteiger partial charge in [0.15, 0.2) is 0 Å². The Kier molecular flexibility index (Phi) is 1.85. The Labute approximate surface area is 87.9 Å².